The van der Waals surface area contributed by atoms with E-state index in [0.29, 0.717) is 30.3 Å². The van der Waals surface area contributed by atoms with E-state index in [9.17, 15) is 19.0 Å². The number of nitrogens with zero attached hydrogens (tertiary/aromatic N) is 1. The van der Waals surface area contributed by atoms with Gasteiger partial charge in [0.2, 0.25) is 0 Å². The molecular formula is C68H114NO8P. The number of hydrogen-bond acceptors (Lipinski definition) is 8. The molecule has 2 atom stereocenters. The lowest BCUT2D eigenvalue weighted by Gasteiger charge is -2.28. The first kappa shape index (κ1) is 74.2. The number of carbonyl (C=O) groups is 2. The minimum atomic E-state index is -4.66. The van der Waals surface area contributed by atoms with Gasteiger partial charge in [0.1, 0.15) is 19.8 Å². The van der Waals surface area contributed by atoms with Crippen LogP contribution in [0.2, 0.25) is 0 Å². The van der Waals surface area contributed by atoms with Gasteiger partial charge in [0, 0.05) is 12.8 Å². The van der Waals surface area contributed by atoms with Crippen molar-refractivity contribution in [1.29, 1.82) is 0 Å². The van der Waals surface area contributed by atoms with Gasteiger partial charge in [-0.25, -0.2) is 0 Å². The highest BCUT2D eigenvalue weighted by Gasteiger charge is 2.21. The van der Waals surface area contributed by atoms with Crippen LogP contribution in [0.3, 0.4) is 0 Å². The third-order valence-electron chi connectivity index (χ3n) is 12.7. The molecule has 78 heavy (non-hydrogen) atoms. The summed E-state index contributed by atoms with van der Waals surface area (Å²) in [6, 6.07) is 0. The highest BCUT2D eigenvalue weighted by atomic mass is 31.2. The van der Waals surface area contributed by atoms with Gasteiger partial charge in [0.15, 0.2) is 6.10 Å². The van der Waals surface area contributed by atoms with Gasteiger partial charge in [-0.05, 0) is 109 Å². The minimum absolute atomic E-state index is 0.0490. The van der Waals surface area contributed by atoms with E-state index >= 15 is 0 Å². The lowest BCUT2D eigenvalue weighted by Crippen LogP contribution is -2.37. The molecule has 0 aliphatic rings. The van der Waals surface area contributed by atoms with Crippen LogP contribution in [-0.2, 0) is 32.7 Å². The molecule has 0 aromatic rings. The standard InChI is InChI=1S/C68H114NO8P/c1-6-8-10-12-14-16-18-20-22-24-26-28-30-32-33-34-35-37-39-41-43-45-47-49-51-53-55-57-59-61-68(71)77-66(65-76-78(72,73)75-63-62-69(3,4)5)64-74-67(70)60-58-56-54-52-50-48-46-44-42-40-38-36-31-29-27-25-23-21-19-17-15-13-11-9-7-2/h8,10,14,16,19-22,25-28,32-33,35,37,41,43,47,49,53,55,66H,6-7,9,11-13,15,17-18,23-24,29-31,34,36,38-40,42,44-46,48,50-52,54,56-65H2,1-5H3/b10-8-,16-14-,21-19-,22-20-,27-25-,28-26-,33-32-,37-35-,43-41-,49-47-,55-53-. The molecule has 10 heteroatoms. The first-order chi connectivity index (χ1) is 38.0. The van der Waals surface area contributed by atoms with Crippen LogP contribution in [0.1, 0.15) is 232 Å². The van der Waals surface area contributed by atoms with Crippen LogP contribution in [-0.4, -0.2) is 70.0 Å². The summed E-state index contributed by atoms with van der Waals surface area (Å²) < 4.78 is 34.1. The Labute approximate surface area is 479 Å². The number of carbonyl (C=O) groups excluding carboxylic acids is 2. The Kier molecular flexibility index (Phi) is 55.0. The van der Waals surface area contributed by atoms with Crippen LogP contribution in [0.5, 0.6) is 0 Å². The Morgan fingerprint density at radius 2 is 0.744 bits per heavy atom. The number of ether oxygens (including phenoxy) is 2. The molecule has 0 rings (SSSR count). The third kappa shape index (κ3) is 61.4. The predicted octanol–water partition coefficient (Wildman–Crippen LogP) is 19.1. The highest BCUT2D eigenvalue weighted by molar-refractivity contribution is 7.45. The summed E-state index contributed by atoms with van der Waals surface area (Å²) in [7, 11) is 1.11. The maximum atomic E-state index is 12.8. The summed E-state index contributed by atoms with van der Waals surface area (Å²) in [6.45, 7) is 4.04. The molecule has 0 aliphatic heterocycles. The zero-order valence-corrected chi connectivity index (χ0v) is 51.2. The van der Waals surface area contributed by atoms with Crippen LogP contribution in [0.15, 0.2) is 134 Å². The molecule has 0 spiro atoms. The second-order valence-corrected chi connectivity index (χ2v) is 22.7. The van der Waals surface area contributed by atoms with Gasteiger partial charge >= 0.3 is 11.9 Å². The number of phosphoric ester groups is 1. The van der Waals surface area contributed by atoms with Crippen LogP contribution >= 0.6 is 7.82 Å². The van der Waals surface area contributed by atoms with Gasteiger partial charge in [-0.15, -0.1) is 0 Å². The maximum Gasteiger partial charge on any atom is 0.306 e. The number of rotatable bonds is 55. The summed E-state index contributed by atoms with van der Waals surface area (Å²) in [6.07, 6.45) is 83.7. The fraction of sp³-hybridized carbons (Fsp3) is 0.647. The van der Waals surface area contributed by atoms with Crippen molar-refractivity contribution < 1.29 is 42.1 Å². The molecule has 0 fully saturated rings. The number of likely N-dealkylation sites (N-methyl/N-ethyl adjacent to an activating group) is 1. The number of quaternary nitrogens is 1. The predicted molar refractivity (Wildman–Crippen MR) is 332 cm³/mol. The van der Waals surface area contributed by atoms with Crippen molar-refractivity contribution in [2.75, 3.05) is 47.5 Å². The first-order valence-corrected chi connectivity index (χ1v) is 32.4. The number of unbranched alkanes of at least 4 members (excludes halogenated alkanes) is 19. The van der Waals surface area contributed by atoms with E-state index in [1.54, 1.807) is 0 Å². The van der Waals surface area contributed by atoms with E-state index in [1.165, 1.54) is 103 Å². The van der Waals surface area contributed by atoms with E-state index < -0.39 is 32.5 Å². The van der Waals surface area contributed by atoms with Gasteiger partial charge in [0.25, 0.3) is 7.82 Å². The molecule has 0 saturated heterocycles. The smallest absolute Gasteiger partial charge is 0.306 e. The number of phosphoric acid groups is 1. The molecule has 9 nitrogen and oxygen atoms in total. The molecule has 0 bridgehead atoms. The molecule has 0 heterocycles. The quantitative estimate of drug-likeness (QED) is 0.0195. The van der Waals surface area contributed by atoms with E-state index in [1.807, 2.05) is 27.2 Å². The van der Waals surface area contributed by atoms with Crippen LogP contribution in [0.25, 0.3) is 0 Å². The summed E-state index contributed by atoms with van der Waals surface area (Å²) in [5, 5.41) is 0. The Bertz CT molecular complexity index is 1780. The van der Waals surface area contributed by atoms with Crippen molar-refractivity contribution in [3.8, 4) is 0 Å². The zero-order valence-electron chi connectivity index (χ0n) is 50.3. The first-order valence-electron chi connectivity index (χ1n) is 30.9. The molecule has 0 radical (unpaired) electrons. The van der Waals surface area contributed by atoms with Gasteiger partial charge in [-0.1, -0.05) is 244 Å². The van der Waals surface area contributed by atoms with Crippen LogP contribution in [0, 0.1) is 0 Å². The lowest BCUT2D eigenvalue weighted by atomic mass is 10.0. The summed E-state index contributed by atoms with van der Waals surface area (Å²) >= 11 is 0. The van der Waals surface area contributed by atoms with Gasteiger partial charge in [-0.3, -0.25) is 14.2 Å². The van der Waals surface area contributed by atoms with E-state index in [4.69, 9.17) is 18.5 Å². The van der Waals surface area contributed by atoms with Crippen molar-refractivity contribution in [2.45, 2.75) is 238 Å². The molecule has 0 aliphatic carbocycles. The maximum absolute atomic E-state index is 12.8. The molecule has 2 unspecified atom stereocenters. The summed E-state index contributed by atoms with van der Waals surface area (Å²) in [5.41, 5.74) is 0. The van der Waals surface area contributed by atoms with E-state index in [0.717, 1.165) is 83.5 Å². The number of esters is 2. The van der Waals surface area contributed by atoms with Crippen molar-refractivity contribution in [1.82, 2.24) is 0 Å². The van der Waals surface area contributed by atoms with Crippen molar-refractivity contribution in [2.24, 2.45) is 0 Å². The van der Waals surface area contributed by atoms with E-state index in [2.05, 4.69) is 141 Å². The highest BCUT2D eigenvalue weighted by Crippen LogP contribution is 2.38. The monoisotopic (exact) mass is 1100 g/mol. The Balaban J connectivity index is 4.28. The lowest BCUT2D eigenvalue weighted by molar-refractivity contribution is -0.870. The molecule has 0 aromatic carbocycles. The van der Waals surface area contributed by atoms with Gasteiger partial charge in [0.05, 0.1) is 27.7 Å². The van der Waals surface area contributed by atoms with Crippen molar-refractivity contribution >= 4 is 19.8 Å². The second-order valence-electron chi connectivity index (χ2n) is 21.3. The average molecular weight is 1100 g/mol. The molecule has 0 saturated carbocycles. The molecule has 444 valence electrons. The fourth-order valence-electron chi connectivity index (χ4n) is 7.92. The largest absolute Gasteiger partial charge is 0.756 e. The Morgan fingerprint density at radius 3 is 1.13 bits per heavy atom. The van der Waals surface area contributed by atoms with E-state index in [-0.39, 0.29) is 26.1 Å². The Morgan fingerprint density at radius 1 is 0.410 bits per heavy atom. The average Bonchev–Trinajstić information content (AvgIpc) is 3.41. The Hall–Kier alpha value is -3.85. The molecular weight excluding hydrogens is 990 g/mol. The zero-order chi connectivity index (χ0) is 57.0. The topological polar surface area (TPSA) is 111 Å². The molecule has 0 aromatic heterocycles. The molecule has 0 N–H and O–H groups in total. The summed E-state index contributed by atoms with van der Waals surface area (Å²) in [4.78, 5) is 37.9. The normalized spacial score (nSPS) is 14.2. The van der Waals surface area contributed by atoms with Crippen molar-refractivity contribution in [3.63, 3.8) is 0 Å². The SMILES string of the molecule is CC/C=C\C/C=C\C/C=C\C/C=C\C/C=C\C/C=C\C/C=C\C/C=C\C/C=C\CCCC(=O)OC(COC(=O)CCCCCCCCCCCCCCC/C=C\C/C=C\CCCCCCC)COP(=O)([O-])OCC[N+](C)(C)C. The van der Waals surface area contributed by atoms with Crippen LogP contribution in [0.4, 0.5) is 0 Å². The summed E-state index contributed by atoms with van der Waals surface area (Å²) in [5.74, 6) is -0.911. The molecule has 0 amide bonds. The van der Waals surface area contributed by atoms with Crippen LogP contribution < -0.4 is 4.89 Å². The van der Waals surface area contributed by atoms with Gasteiger partial charge < -0.3 is 27.9 Å². The number of hydrogen-bond donors (Lipinski definition) is 0. The fourth-order valence-corrected chi connectivity index (χ4v) is 8.65. The van der Waals surface area contributed by atoms with Crippen molar-refractivity contribution in [3.05, 3.63) is 134 Å². The second kappa shape index (κ2) is 57.8. The third-order valence-corrected chi connectivity index (χ3v) is 13.6. The minimum Gasteiger partial charge on any atom is -0.756 e. The van der Waals surface area contributed by atoms with Gasteiger partial charge in [-0.2, -0.15) is 0 Å². The number of allylic oxidation sites excluding steroid dienone is 22.